The van der Waals surface area contributed by atoms with Gasteiger partial charge in [-0.1, -0.05) is 18.2 Å². The van der Waals surface area contributed by atoms with Crippen LogP contribution in [0.1, 0.15) is 12.0 Å². The third kappa shape index (κ3) is 5.09. The van der Waals surface area contributed by atoms with Crippen LogP contribution in [0.25, 0.3) is 0 Å². The quantitative estimate of drug-likeness (QED) is 0.620. The molecule has 0 unspecified atom stereocenters. The number of rotatable bonds is 6. The minimum atomic E-state index is -0.877. The molecule has 2 aromatic carbocycles. The Hall–Kier alpha value is -3.42. The van der Waals surface area contributed by atoms with Crippen LogP contribution in [0.3, 0.4) is 0 Å². The highest BCUT2D eigenvalue weighted by molar-refractivity contribution is 5.86. The Morgan fingerprint density at radius 2 is 1.88 bits per heavy atom. The molecule has 0 saturated carbocycles. The van der Waals surface area contributed by atoms with Crippen molar-refractivity contribution in [2.24, 2.45) is 0 Å². The number of carboxylic acid groups (broad SMARTS) is 1. The van der Waals surface area contributed by atoms with Crippen LogP contribution in [0.4, 0.5) is 16.2 Å². The summed E-state index contributed by atoms with van der Waals surface area (Å²) in [5.74, 6) is -0.822. The zero-order chi connectivity index (χ0) is 17.5. The summed E-state index contributed by atoms with van der Waals surface area (Å²) in [5.41, 5.74) is 1.11. The third-order valence-corrected chi connectivity index (χ3v) is 3.07. The summed E-state index contributed by atoms with van der Waals surface area (Å²) in [6.07, 6.45) is -0.358. The average Bonchev–Trinajstić information content (AvgIpc) is 2.54. The summed E-state index contributed by atoms with van der Waals surface area (Å²) < 4.78 is 4.99. The molecule has 2 N–H and O–H groups in total. The van der Waals surface area contributed by atoms with E-state index in [1.165, 1.54) is 18.2 Å². The van der Waals surface area contributed by atoms with E-state index < -0.39 is 17.0 Å². The lowest BCUT2D eigenvalue weighted by atomic mass is 10.1. The molecule has 0 bridgehead atoms. The second-order valence-electron chi connectivity index (χ2n) is 4.86. The number of carbonyl (C=O) groups is 2. The van der Waals surface area contributed by atoms with Gasteiger partial charge in [0.05, 0.1) is 11.0 Å². The van der Waals surface area contributed by atoms with Crippen molar-refractivity contribution in [2.45, 2.75) is 12.8 Å². The van der Waals surface area contributed by atoms with Crippen LogP contribution in [0, 0.1) is 10.1 Å². The highest BCUT2D eigenvalue weighted by Crippen LogP contribution is 2.20. The number of benzene rings is 2. The van der Waals surface area contributed by atoms with Gasteiger partial charge in [0.2, 0.25) is 0 Å². The average molecular weight is 330 g/mol. The number of nitrogens with one attached hydrogen (secondary N) is 1. The van der Waals surface area contributed by atoms with Gasteiger partial charge < -0.3 is 9.84 Å². The second kappa shape index (κ2) is 7.73. The molecule has 0 saturated heterocycles. The van der Waals surface area contributed by atoms with E-state index in [-0.39, 0.29) is 17.9 Å². The molecule has 2 aromatic rings. The minimum Gasteiger partial charge on any atom is -0.481 e. The van der Waals surface area contributed by atoms with E-state index in [4.69, 9.17) is 9.84 Å². The van der Waals surface area contributed by atoms with E-state index in [1.807, 2.05) is 0 Å². The summed E-state index contributed by atoms with van der Waals surface area (Å²) >= 11 is 0. The summed E-state index contributed by atoms with van der Waals surface area (Å²) in [5, 5.41) is 21.8. The molecule has 1 amide bonds. The number of hydrogen-bond acceptors (Lipinski definition) is 5. The van der Waals surface area contributed by atoms with E-state index in [1.54, 1.807) is 24.3 Å². The molecule has 0 aliphatic heterocycles. The fourth-order valence-electron chi connectivity index (χ4n) is 1.92. The Balaban J connectivity index is 1.93. The van der Waals surface area contributed by atoms with Crippen LogP contribution >= 0.6 is 0 Å². The van der Waals surface area contributed by atoms with Gasteiger partial charge in [-0.25, -0.2) is 4.79 Å². The largest absolute Gasteiger partial charge is 0.481 e. The maximum absolute atomic E-state index is 11.8. The van der Waals surface area contributed by atoms with Crippen LogP contribution in [0.5, 0.6) is 5.75 Å². The van der Waals surface area contributed by atoms with Crippen molar-refractivity contribution in [3.63, 3.8) is 0 Å². The van der Waals surface area contributed by atoms with Crippen molar-refractivity contribution < 1.29 is 24.4 Å². The van der Waals surface area contributed by atoms with Gasteiger partial charge in [-0.3, -0.25) is 20.2 Å². The van der Waals surface area contributed by atoms with Crippen LogP contribution in [-0.2, 0) is 11.2 Å². The van der Waals surface area contributed by atoms with E-state index in [0.29, 0.717) is 12.1 Å². The first kappa shape index (κ1) is 16.9. The number of carboxylic acids is 1. The Labute approximate surface area is 136 Å². The van der Waals surface area contributed by atoms with Gasteiger partial charge in [0, 0.05) is 18.2 Å². The van der Waals surface area contributed by atoms with Crippen molar-refractivity contribution in [2.75, 3.05) is 5.32 Å². The lowest BCUT2D eigenvalue weighted by Gasteiger charge is -2.07. The maximum Gasteiger partial charge on any atom is 0.417 e. The first-order valence-electron chi connectivity index (χ1n) is 6.98. The van der Waals surface area contributed by atoms with Crippen molar-refractivity contribution in [1.29, 1.82) is 0 Å². The van der Waals surface area contributed by atoms with E-state index in [0.717, 1.165) is 11.6 Å². The number of nitro groups is 1. The molecule has 0 radical (unpaired) electrons. The van der Waals surface area contributed by atoms with E-state index in [2.05, 4.69) is 5.32 Å². The van der Waals surface area contributed by atoms with E-state index >= 15 is 0 Å². The van der Waals surface area contributed by atoms with Gasteiger partial charge >= 0.3 is 12.1 Å². The Kier molecular flexibility index (Phi) is 5.45. The number of amides is 1. The smallest absolute Gasteiger partial charge is 0.417 e. The fraction of sp³-hybridized carbons (Fsp3) is 0.125. The SMILES string of the molecule is O=C(O)CCc1ccc(NC(=O)Oc2cccc([N+](=O)[O-])c2)cc1. The zero-order valence-corrected chi connectivity index (χ0v) is 12.5. The summed E-state index contributed by atoms with van der Waals surface area (Å²) in [4.78, 5) is 32.4. The summed E-state index contributed by atoms with van der Waals surface area (Å²) in [6, 6.07) is 11.9. The number of hydrogen-bond donors (Lipinski definition) is 2. The Bertz CT molecular complexity index is 757. The minimum absolute atomic E-state index is 0.0294. The van der Waals surface area contributed by atoms with Gasteiger partial charge in [-0.2, -0.15) is 0 Å². The molecule has 8 heteroatoms. The number of nitrogens with zero attached hydrogens (tertiary/aromatic N) is 1. The number of nitro benzene ring substituents is 1. The summed E-state index contributed by atoms with van der Waals surface area (Å²) in [7, 11) is 0. The standard InChI is InChI=1S/C16H14N2O6/c19-15(20)9-6-11-4-7-12(8-5-11)17-16(21)24-14-3-1-2-13(10-14)18(22)23/h1-5,7-8,10H,6,9H2,(H,17,21)(H,19,20). The molecule has 0 aliphatic rings. The third-order valence-electron chi connectivity index (χ3n) is 3.07. The molecular weight excluding hydrogens is 316 g/mol. The first-order chi connectivity index (χ1) is 11.4. The molecule has 8 nitrogen and oxygen atoms in total. The highest BCUT2D eigenvalue weighted by atomic mass is 16.6. The number of ether oxygens (including phenoxy) is 1. The van der Waals surface area contributed by atoms with Crippen molar-refractivity contribution in [3.8, 4) is 5.75 Å². The number of aliphatic carboxylic acids is 1. The number of non-ortho nitro benzene ring substituents is 1. The lowest BCUT2D eigenvalue weighted by molar-refractivity contribution is -0.384. The zero-order valence-electron chi connectivity index (χ0n) is 12.5. The first-order valence-corrected chi connectivity index (χ1v) is 6.98. The molecule has 0 aliphatic carbocycles. The predicted octanol–water partition coefficient (Wildman–Crippen LogP) is 3.22. The van der Waals surface area contributed by atoms with Gasteiger partial charge in [0.15, 0.2) is 0 Å². The second-order valence-corrected chi connectivity index (χ2v) is 4.86. The summed E-state index contributed by atoms with van der Waals surface area (Å²) in [6.45, 7) is 0. The van der Waals surface area contributed by atoms with Crippen molar-refractivity contribution in [3.05, 3.63) is 64.2 Å². The fourth-order valence-corrected chi connectivity index (χ4v) is 1.92. The maximum atomic E-state index is 11.8. The number of anilines is 1. The number of aryl methyl sites for hydroxylation is 1. The number of carbonyl (C=O) groups excluding carboxylic acids is 1. The molecule has 0 heterocycles. The van der Waals surface area contributed by atoms with Crippen LogP contribution in [0.2, 0.25) is 0 Å². The van der Waals surface area contributed by atoms with Gasteiger partial charge in [-0.05, 0) is 30.2 Å². The lowest BCUT2D eigenvalue weighted by Crippen LogP contribution is -2.16. The molecule has 0 aromatic heterocycles. The Morgan fingerprint density at radius 3 is 2.50 bits per heavy atom. The van der Waals surface area contributed by atoms with Gasteiger partial charge in [-0.15, -0.1) is 0 Å². The monoisotopic (exact) mass is 330 g/mol. The van der Waals surface area contributed by atoms with Crippen LogP contribution < -0.4 is 10.1 Å². The van der Waals surface area contributed by atoms with E-state index in [9.17, 15) is 19.7 Å². The van der Waals surface area contributed by atoms with Crippen molar-refractivity contribution in [1.82, 2.24) is 0 Å². The highest BCUT2D eigenvalue weighted by Gasteiger charge is 2.10. The van der Waals surface area contributed by atoms with Crippen LogP contribution in [-0.4, -0.2) is 22.1 Å². The topological polar surface area (TPSA) is 119 Å². The van der Waals surface area contributed by atoms with Crippen LogP contribution in [0.15, 0.2) is 48.5 Å². The van der Waals surface area contributed by atoms with Crippen molar-refractivity contribution >= 4 is 23.4 Å². The van der Waals surface area contributed by atoms with Gasteiger partial charge in [0.1, 0.15) is 5.75 Å². The molecule has 0 spiro atoms. The molecule has 0 fully saturated rings. The molecule has 2 rings (SSSR count). The molecular formula is C16H14N2O6. The molecule has 24 heavy (non-hydrogen) atoms. The predicted molar refractivity (Wildman–Crippen MR) is 85.1 cm³/mol. The van der Waals surface area contributed by atoms with Gasteiger partial charge in [0.25, 0.3) is 5.69 Å². The normalized spacial score (nSPS) is 10.0. The molecule has 124 valence electrons. The molecule has 0 atom stereocenters. The Morgan fingerprint density at radius 1 is 1.17 bits per heavy atom.